The molecule has 0 aliphatic rings. The zero-order chi connectivity index (χ0) is 10.7. The van der Waals surface area contributed by atoms with Crippen LogP contribution in [0.1, 0.15) is 0 Å². The van der Waals surface area contributed by atoms with Crippen molar-refractivity contribution >= 4 is 17.4 Å². The Kier molecular flexibility index (Phi) is 2.74. The van der Waals surface area contributed by atoms with E-state index in [2.05, 4.69) is 10.2 Å². The Bertz CT molecular complexity index is 465. The van der Waals surface area contributed by atoms with Crippen LogP contribution >= 0.6 is 11.6 Å². The van der Waals surface area contributed by atoms with E-state index in [0.717, 1.165) is 11.1 Å². The molecule has 0 aliphatic carbocycles. The highest BCUT2D eigenvalue weighted by molar-refractivity contribution is 6.30. The molecular formula is C11H7ClN2O. The van der Waals surface area contributed by atoms with Crippen LogP contribution in [0.25, 0.3) is 11.1 Å². The molecule has 1 aromatic carbocycles. The number of nitroso groups, excluding NO2 is 1. The van der Waals surface area contributed by atoms with Crippen molar-refractivity contribution in [2.75, 3.05) is 0 Å². The third kappa shape index (κ3) is 2.19. The number of hydrogen-bond acceptors (Lipinski definition) is 3. The lowest BCUT2D eigenvalue weighted by Gasteiger charge is -2.00. The van der Waals surface area contributed by atoms with E-state index < -0.39 is 0 Å². The first-order chi connectivity index (χ1) is 7.29. The number of hydrogen-bond donors (Lipinski definition) is 0. The molecule has 4 heteroatoms. The van der Waals surface area contributed by atoms with Crippen LogP contribution in [0.5, 0.6) is 0 Å². The van der Waals surface area contributed by atoms with Gasteiger partial charge in [-0.15, -0.1) is 4.91 Å². The summed E-state index contributed by atoms with van der Waals surface area (Å²) >= 11 is 5.77. The van der Waals surface area contributed by atoms with Crippen LogP contribution in [0.4, 0.5) is 5.82 Å². The van der Waals surface area contributed by atoms with Crippen molar-refractivity contribution in [1.29, 1.82) is 0 Å². The minimum Gasteiger partial charge on any atom is -0.234 e. The molecule has 1 aromatic heterocycles. The second-order valence-electron chi connectivity index (χ2n) is 3.00. The molecule has 0 saturated heterocycles. The van der Waals surface area contributed by atoms with Crippen molar-refractivity contribution in [1.82, 2.24) is 4.98 Å². The van der Waals surface area contributed by atoms with Gasteiger partial charge in [-0.1, -0.05) is 23.7 Å². The van der Waals surface area contributed by atoms with Gasteiger partial charge in [0.2, 0.25) is 0 Å². The Morgan fingerprint density at radius 2 is 1.67 bits per heavy atom. The molecule has 0 fully saturated rings. The Morgan fingerprint density at radius 3 is 2.20 bits per heavy atom. The number of aromatic nitrogens is 1. The average Bonchev–Trinajstić information content (AvgIpc) is 2.30. The van der Waals surface area contributed by atoms with Crippen molar-refractivity contribution in [2.24, 2.45) is 5.18 Å². The second kappa shape index (κ2) is 4.19. The van der Waals surface area contributed by atoms with E-state index in [1.54, 1.807) is 18.3 Å². The third-order valence-corrected chi connectivity index (χ3v) is 2.27. The lowest BCUT2D eigenvalue weighted by atomic mass is 10.1. The van der Waals surface area contributed by atoms with Crippen LogP contribution in [-0.4, -0.2) is 4.98 Å². The highest BCUT2D eigenvalue weighted by Gasteiger charge is 1.98. The zero-order valence-corrected chi connectivity index (χ0v) is 8.48. The van der Waals surface area contributed by atoms with E-state index >= 15 is 0 Å². The first-order valence-corrected chi connectivity index (χ1v) is 4.73. The van der Waals surface area contributed by atoms with Crippen molar-refractivity contribution in [3.8, 4) is 11.1 Å². The van der Waals surface area contributed by atoms with E-state index in [1.165, 1.54) is 0 Å². The van der Waals surface area contributed by atoms with Gasteiger partial charge >= 0.3 is 0 Å². The Morgan fingerprint density at radius 1 is 1.00 bits per heavy atom. The maximum atomic E-state index is 10.2. The Hall–Kier alpha value is -1.74. The number of pyridine rings is 1. The van der Waals surface area contributed by atoms with Gasteiger partial charge in [0, 0.05) is 16.8 Å². The van der Waals surface area contributed by atoms with Crippen molar-refractivity contribution < 1.29 is 0 Å². The summed E-state index contributed by atoms with van der Waals surface area (Å²) in [5, 5.41) is 3.43. The van der Waals surface area contributed by atoms with E-state index in [9.17, 15) is 4.91 Å². The molecule has 0 spiro atoms. The molecule has 2 aromatic rings. The van der Waals surface area contributed by atoms with Gasteiger partial charge < -0.3 is 0 Å². The highest BCUT2D eigenvalue weighted by Crippen LogP contribution is 2.22. The fourth-order valence-corrected chi connectivity index (χ4v) is 1.38. The van der Waals surface area contributed by atoms with E-state index in [1.807, 2.05) is 24.3 Å². The predicted octanol–water partition coefficient (Wildman–Crippen LogP) is 3.80. The summed E-state index contributed by atoms with van der Waals surface area (Å²) in [7, 11) is 0. The van der Waals surface area contributed by atoms with Crippen LogP contribution in [0.3, 0.4) is 0 Å². The van der Waals surface area contributed by atoms with Gasteiger partial charge in [0.15, 0.2) is 5.82 Å². The van der Waals surface area contributed by atoms with Gasteiger partial charge in [-0.25, -0.2) is 4.98 Å². The number of halogens is 1. The molecular weight excluding hydrogens is 212 g/mol. The van der Waals surface area contributed by atoms with E-state index in [4.69, 9.17) is 11.6 Å². The largest absolute Gasteiger partial charge is 0.234 e. The summed E-state index contributed by atoms with van der Waals surface area (Å²) in [5.41, 5.74) is 1.93. The molecule has 0 aliphatic heterocycles. The molecule has 74 valence electrons. The lowest BCUT2D eigenvalue weighted by molar-refractivity contribution is 1.27. The van der Waals surface area contributed by atoms with Crippen molar-refractivity contribution in [3.05, 3.63) is 52.5 Å². The first kappa shape index (κ1) is 9.80. The highest BCUT2D eigenvalue weighted by atomic mass is 35.5. The number of rotatable bonds is 2. The molecule has 0 N–H and O–H groups in total. The molecule has 3 nitrogen and oxygen atoms in total. The van der Waals surface area contributed by atoms with Gasteiger partial charge in [-0.2, -0.15) is 0 Å². The fourth-order valence-electron chi connectivity index (χ4n) is 1.25. The maximum Gasteiger partial charge on any atom is 0.196 e. The van der Waals surface area contributed by atoms with E-state index in [-0.39, 0.29) is 5.82 Å². The van der Waals surface area contributed by atoms with Gasteiger partial charge in [0.25, 0.3) is 0 Å². The molecule has 0 saturated carbocycles. The quantitative estimate of drug-likeness (QED) is 0.720. The Balaban J connectivity index is 2.37. The normalized spacial score (nSPS) is 9.93. The van der Waals surface area contributed by atoms with Crippen LogP contribution in [-0.2, 0) is 0 Å². The second-order valence-corrected chi connectivity index (χ2v) is 3.44. The summed E-state index contributed by atoms with van der Waals surface area (Å²) in [6, 6.07) is 10.8. The van der Waals surface area contributed by atoms with Crippen LogP contribution in [0.2, 0.25) is 5.02 Å². The van der Waals surface area contributed by atoms with Crippen molar-refractivity contribution in [3.63, 3.8) is 0 Å². The molecule has 0 bridgehead atoms. The molecule has 0 atom stereocenters. The minimum atomic E-state index is 0.188. The lowest BCUT2D eigenvalue weighted by Crippen LogP contribution is -1.79. The molecule has 0 amide bonds. The average molecular weight is 219 g/mol. The molecule has 0 radical (unpaired) electrons. The van der Waals surface area contributed by atoms with Gasteiger partial charge in [0.1, 0.15) is 0 Å². The standard InChI is InChI=1S/C11H7ClN2O/c12-10-4-1-8(2-5-10)9-3-6-11(14-15)13-7-9/h1-7H. The van der Waals surface area contributed by atoms with Crippen LogP contribution in [0, 0.1) is 4.91 Å². The SMILES string of the molecule is O=Nc1ccc(-c2ccc(Cl)cc2)cn1. The van der Waals surface area contributed by atoms with Gasteiger partial charge in [-0.05, 0) is 35.0 Å². The molecule has 2 rings (SSSR count). The third-order valence-electron chi connectivity index (χ3n) is 2.02. The summed E-state index contributed by atoms with van der Waals surface area (Å²) in [5.74, 6) is 0.188. The topological polar surface area (TPSA) is 42.3 Å². The fraction of sp³-hybridized carbons (Fsp3) is 0. The maximum absolute atomic E-state index is 10.2. The van der Waals surface area contributed by atoms with Crippen LogP contribution in [0.15, 0.2) is 47.8 Å². The molecule has 15 heavy (non-hydrogen) atoms. The van der Waals surface area contributed by atoms with Gasteiger partial charge in [-0.3, -0.25) is 0 Å². The smallest absolute Gasteiger partial charge is 0.196 e. The monoisotopic (exact) mass is 218 g/mol. The van der Waals surface area contributed by atoms with Crippen molar-refractivity contribution in [2.45, 2.75) is 0 Å². The minimum absolute atomic E-state index is 0.188. The van der Waals surface area contributed by atoms with Gasteiger partial charge in [0.05, 0.1) is 0 Å². The Labute approximate surface area is 91.7 Å². The molecule has 1 heterocycles. The zero-order valence-electron chi connectivity index (χ0n) is 7.72. The summed E-state index contributed by atoms with van der Waals surface area (Å²) < 4.78 is 0. The van der Waals surface area contributed by atoms with Crippen LogP contribution < -0.4 is 0 Å². The summed E-state index contributed by atoms with van der Waals surface area (Å²) in [4.78, 5) is 14.1. The van der Waals surface area contributed by atoms with E-state index in [0.29, 0.717) is 5.02 Å². The first-order valence-electron chi connectivity index (χ1n) is 4.35. The predicted molar refractivity (Wildman–Crippen MR) is 60.1 cm³/mol. The summed E-state index contributed by atoms with van der Waals surface area (Å²) in [6.07, 6.45) is 1.61. The molecule has 0 unspecified atom stereocenters. The number of nitrogens with zero attached hydrogens (tertiary/aromatic N) is 2. The number of benzene rings is 1. The summed E-state index contributed by atoms with van der Waals surface area (Å²) in [6.45, 7) is 0.